The summed E-state index contributed by atoms with van der Waals surface area (Å²) in [6.07, 6.45) is 4.49. The molecule has 0 amide bonds. The average Bonchev–Trinajstić information content (AvgIpc) is 2.96. The zero-order valence-corrected chi connectivity index (χ0v) is 11.1. The summed E-state index contributed by atoms with van der Waals surface area (Å²) in [6, 6.07) is 0. The molecule has 6 nitrogen and oxygen atoms in total. The third-order valence-electron chi connectivity index (χ3n) is 3.75. The van der Waals surface area contributed by atoms with Gasteiger partial charge in [-0.25, -0.2) is 0 Å². The van der Waals surface area contributed by atoms with Crippen molar-refractivity contribution >= 4 is 0 Å². The minimum Gasteiger partial charge on any atom is -0.381 e. The van der Waals surface area contributed by atoms with Gasteiger partial charge in [0.15, 0.2) is 5.82 Å². The lowest BCUT2D eigenvalue weighted by molar-refractivity contribution is 0.0210. The van der Waals surface area contributed by atoms with Crippen LogP contribution >= 0.6 is 0 Å². The van der Waals surface area contributed by atoms with E-state index in [1.54, 1.807) is 0 Å². The molecule has 1 aromatic heterocycles. The highest BCUT2D eigenvalue weighted by Crippen LogP contribution is 2.25. The van der Waals surface area contributed by atoms with Gasteiger partial charge in [0.25, 0.3) is 0 Å². The van der Waals surface area contributed by atoms with Crippen LogP contribution in [0.15, 0.2) is 4.52 Å². The molecule has 2 saturated heterocycles. The summed E-state index contributed by atoms with van der Waals surface area (Å²) in [6.45, 7) is 4.03. The molecule has 106 valence electrons. The fraction of sp³-hybridized carbons (Fsp3) is 0.846. The highest BCUT2D eigenvalue weighted by molar-refractivity contribution is 4.94. The van der Waals surface area contributed by atoms with Crippen molar-refractivity contribution < 1.29 is 14.0 Å². The number of aromatic nitrogens is 2. The first-order chi connectivity index (χ1) is 9.42. The van der Waals surface area contributed by atoms with Crippen LogP contribution in [-0.2, 0) is 16.1 Å². The molecule has 3 heterocycles. The summed E-state index contributed by atoms with van der Waals surface area (Å²) in [5.74, 6) is 1.75. The first-order valence-corrected chi connectivity index (χ1v) is 7.14. The number of piperidine rings is 1. The Morgan fingerprint density at radius 2 is 2.16 bits per heavy atom. The van der Waals surface area contributed by atoms with Crippen LogP contribution < -0.4 is 5.32 Å². The molecule has 2 aliphatic rings. The smallest absolute Gasteiger partial charge is 0.230 e. The lowest BCUT2D eigenvalue weighted by Crippen LogP contribution is -2.35. The van der Waals surface area contributed by atoms with Crippen LogP contribution in [0, 0.1) is 0 Å². The number of ether oxygens (including phenoxy) is 2. The SMILES string of the molecule is C1CNCC(OCc2noc(C3CCOCC3)n2)C1. The Hall–Kier alpha value is -0.980. The predicted octanol–water partition coefficient (Wildman–Crippen LogP) is 1.23. The van der Waals surface area contributed by atoms with Gasteiger partial charge in [-0.1, -0.05) is 5.16 Å². The van der Waals surface area contributed by atoms with Gasteiger partial charge >= 0.3 is 0 Å². The van der Waals surface area contributed by atoms with Crippen molar-refractivity contribution in [3.05, 3.63) is 11.7 Å². The molecule has 19 heavy (non-hydrogen) atoms. The van der Waals surface area contributed by atoms with E-state index < -0.39 is 0 Å². The minimum atomic E-state index is 0.277. The second-order valence-corrected chi connectivity index (χ2v) is 5.21. The van der Waals surface area contributed by atoms with Gasteiger partial charge < -0.3 is 19.3 Å². The van der Waals surface area contributed by atoms with Crippen molar-refractivity contribution in [3.63, 3.8) is 0 Å². The summed E-state index contributed by atoms with van der Waals surface area (Å²) in [5, 5.41) is 7.33. The van der Waals surface area contributed by atoms with Crippen LogP contribution in [0.4, 0.5) is 0 Å². The molecule has 0 saturated carbocycles. The quantitative estimate of drug-likeness (QED) is 0.885. The van der Waals surface area contributed by atoms with Crippen molar-refractivity contribution in [1.29, 1.82) is 0 Å². The Morgan fingerprint density at radius 3 is 2.95 bits per heavy atom. The molecule has 1 N–H and O–H groups in total. The molecule has 0 spiro atoms. The van der Waals surface area contributed by atoms with Gasteiger partial charge in [0.2, 0.25) is 5.89 Å². The van der Waals surface area contributed by atoms with Crippen LogP contribution in [0.1, 0.15) is 43.3 Å². The van der Waals surface area contributed by atoms with E-state index in [2.05, 4.69) is 15.5 Å². The summed E-state index contributed by atoms with van der Waals surface area (Å²) < 4.78 is 16.5. The maximum atomic E-state index is 5.80. The topological polar surface area (TPSA) is 69.4 Å². The van der Waals surface area contributed by atoms with Gasteiger partial charge in [-0.3, -0.25) is 0 Å². The number of rotatable bonds is 4. The summed E-state index contributed by atoms with van der Waals surface area (Å²) >= 11 is 0. The van der Waals surface area contributed by atoms with Gasteiger partial charge in [0.05, 0.1) is 6.10 Å². The molecule has 2 aliphatic heterocycles. The van der Waals surface area contributed by atoms with Crippen LogP contribution in [0.2, 0.25) is 0 Å². The summed E-state index contributed by atoms with van der Waals surface area (Å²) in [4.78, 5) is 4.44. The molecule has 0 radical (unpaired) electrons. The van der Waals surface area contributed by atoms with Crippen LogP contribution in [0.3, 0.4) is 0 Å². The van der Waals surface area contributed by atoms with E-state index in [0.29, 0.717) is 18.3 Å². The molecule has 0 bridgehead atoms. The molecular formula is C13H21N3O3. The second-order valence-electron chi connectivity index (χ2n) is 5.21. The lowest BCUT2D eigenvalue weighted by Gasteiger charge is -2.22. The van der Waals surface area contributed by atoms with Crippen molar-refractivity contribution in [1.82, 2.24) is 15.5 Å². The van der Waals surface area contributed by atoms with E-state index in [4.69, 9.17) is 14.0 Å². The van der Waals surface area contributed by atoms with Crippen molar-refractivity contribution in [2.45, 2.75) is 44.3 Å². The van der Waals surface area contributed by atoms with Gasteiger partial charge in [0.1, 0.15) is 6.61 Å². The molecule has 0 aliphatic carbocycles. The minimum absolute atomic E-state index is 0.277. The number of hydrogen-bond acceptors (Lipinski definition) is 6. The Labute approximate surface area is 112 Å². The molecule has 0 aromatic carbocycles. The Bertz CT molecular complexity index is 384. The van der Waals surface area contributed by atoms with E-state index in [1.807, 2.05) is 0 Å². The van der Waals surface area contributed by atoms with Gasteiger partial charge in [-0.2, -0.15) is 4.98 Å². The molecule has 3 rings (SSSR count). The number of nitrogens with one attached hydrogen (secondary N) is 1. The standard InChI is InChI=1S/C13H21N3O3/c1-2-11(8-14-5-1)18-9-12-15-13(19-16-12)10-3-6-17-7-4-10/h10-11,14H,1-9H2. The summed E-state index contributed by atoms with van der Waals surface area (Å²) in [5.41, 5.74) is 0. The fourth-order valence-corrected chi connectivity index (χ4v) is 2.59. The van der Waals surface area contributed by atoms with Crippen molar-refractivity contribution in [2.24, 2.45) is 0 Å². The normalized spacial score (nSPS) is 25.6. The predicted molar refractivity (Wildman–Crippen MR) is 67.8 cm³/mol. The van der Waals surface area contributed by atoms with Crippen LogP contribution in [-0.4, -0.2) is 42.5 Å². The molecule has 6 heteroatoms. The molecule has 1 atom stereocenters. The summed E-state index contributed by atoms with van der Waals surface area (Å²) in [7, 11) is 0. The first kappa shape index (κ1) is 13.0. The van der Waals surface area contributed by atoms with Crippen molar-refractivity contribution in [2.75, 3.05) is 26.3 Å². The van der Waals surface area contributed by atoms with Gasteiger partial charge in [-0.15, -0.1) is 0 Å². The highest BCUT2D eigenvalue weighted by Gasteiger charge is 2.22. The molecular weight excluding hydrogens is 246 g/mol. The third-order valence-corrected chi connectivity index (χ3v) is 3.75. The van der Waals surface area contributed by atoms with E-state index in [0.717, 1.165) is 51.5 Å². The molecule has 1 unspecified atom stereocenters. The van der Waals surface area contributed by atoms with Crippen LogP contribution in [0.25, 0.3) is 0 Å². The van der Waals surface area contributed by atoms with E-state index in [9.17, 15) is 0 Å². The van der Waals surface area contributed by atoms with E-state index in [-0.39, 0.29) is 6.10 Å². The lowest BCUT2D eigenvalue weighted by atomic mass is 10.0. The number of nitrogens with zero attached hydrogens (tertiary/aromatic N) is 2. The fourth-order valence-electron chi connectivity index (χ4n) is 2.59. The second kappa shape index (κ2) is 6.45. The Kier molecular flexibility index (Phi) is 4.42. The van der Waals surface area contributed by atoms with Gasteiger partial charge in [0, 0.05) is 25.7 Å². The first-order valence-electron chi connectivity index (χ1n) is 7.14. The molecule has 1 aromatic rings. The van der Waals surface area contributed by atoms with Crippen molar-refractivity contribution in [3.8, 4) is 0 Å². The zero-order chi connectivity index (χ0) is 12.9. The van der Waals surface area contributed by atoms with E-state index >= 15 is 0 Å². The molecule has 2 fully saturated rings. The zero-order valence-electron chi connectivity index (χ0n) is 11.1. The van der Waals surface area contributed by atoms with Crippen LogP contribution in [0.5, 0.6) is 0 Å². The highest BCUT2D eigenvalue weighted by atomic mass is 16.5. The maximum absolute atomic E-state index is 5.80. The monoisotopic (exact) mass is 267 g/mol. The average molecular weight is 267 g/mol. The Morgan fingerprint density at radius 1 is 1.26 bits per heavy atom. The Balaban J connectivity index is 1.49. The number of hydrogen-bond donors (Lipinski definition) is 1. The largest absolute Gasteiger partial charge is 0.381 e. The maximum Gasteiger partial charge on any atom is 0.230 e. The van der Waals surface area contributed by atoms with Gasteiger partial charge in [-0.05, 0) is 32.2 Å². The van der Waals surface area contributed by atoms with E-state index in [1.165, 1.54) is 6.42 Å². The third kappa shape index (κ3) is 3.52.